The zero-order valence-corrected chi connectivity index (χ0v) is 16.0. The quantitative estimate of drug-likeness (QED) is 0.429. The molecule has 0 bridgehead atoms. The smallest absolute Gasteiger partial charge is 0.418 e. The topological polar surface area (TPSA) is 57.0 Å². The van der Waals surface area contributed by atoms with E-state index in [9.17, 15) is 18.0 Å². The molecule has 0 aliphatic heterocycles. The van der Waals surface area contributed by atoms with Crippen LogP contribution in [0.25, 0.3) is 17.1 Å². The number of carbonyl (C=O) groups excluding carboxylic acids is 1. The Labute approximate surface area is 167 Å². The third kappa shape index (κ3) is 4.31. The van der Waals surface area contributed by atoms with Crippen molar-refractivity contribution in [1.29, 1.82) is 0 Å². The number of esters is 1. The van der Waals surface area contributed by atoms with Gasteiger partial charge in [-0.05, 0) is 24.3 Å². The molecule has 0 saturated heterocycles. The maximum absolute atomic E-state index is 13.6. The number of rotatable bonds is 5. The molecular weight excluding hydrogens is 415 g/mol. The number of ether oxygens (including phenoxy) is 1. The van der Waals surface area contributed by atoms with Crippen molar-refractivity contribution in [2.75, 3.05) is 12.9 Å². The highest BCUT2D eigenvalue weighted by Gasteiger charge is 2.35. The summed E-state index contributed by atoms with van der Waals surface area (Å²) in [5.74, 6) is -0.488. The summed E-state index contributed by atoms with van der Waals surface area (Å²) in [7, 11) is 1.23. The first-order chi connectivity index (χ1) is 13.3. The van der Waals surface area contributed by atoms with Crippen LogP contribution in [0.1, 0.15) is 5.56 Å². The van der Waals surface area contributed by atoms with Crippen LogP contribution in [0.2, 0.25) is 5.02 Å². The summed E-state index contributed by atoms with van der Waals surface area (Å²) in [5, 5.41) is 8.56. The fraction of sp³-hybridized carbons (Fsp3) is 0.167. The van der Waals surface area contributed by atoms with E-state index in [1.807, 2.05) is 0 Å². The van der Waals surface area contributed by atoms with Gasteiger partial charge in [-0.3, -0.25) is 9.36 Å². The molecule has 0 atom stereocenters. The first kappa shape index (κ1) is 20.2. The third-order valence-corrected chi connectivity index (χ3v) is 4.85. The molecule has 0 amide bonds. The molecule has 10 heteroatoms. The standard InChI is InChI=1S/C18H13ClF3N3O2S/c1-27-15(26)10-28-17-24-23-16(11-5-4-6-12(19)9-11)25(17)14-8-3-2-7-13(14)18(20,21)22/h2-9H,10H2,1H3. The molecule has 0 aliphatic carbocycles. The minimum Gasteiger partial charge on any atom is -0.468 e. The van der Waals surface area contributed by atoms with Gasteiger partial charge in [0, 0.05) is 10.6 Å². The number of methoxy groups -OCH3 is 1. The number of halogens is 4. The highest BCUT2D eigenvalue weighted by Crippen LogP contribution is 2.37. The van der Waals surface area contributed by atoms with Gasteiger partial charge in [0.25, 0.3) is 0 Å². The van der Waals surface area contributed by atoms with Gasteiger partial charge >= 0.3 is 12.1 Å². The van der Waals surface area contributed by atoms with Gasteiger partial charge < -0.3 is 4.74 Å². The number of carbonyl (C=O) groups is 1. The monoisotopic (exact) mass is 427 g/mol. The molecule has 0 aliphatic rings. The fourth-order valence-electron chi connectivity index (χ4n) is 2.49. The summed E-state index contributed by atoms with van der Waals surface area (Å²) in [5.41, 5.74) is -0.512. The van der Waals surface area contributed by atoms with Crippen molar-refractivity contribution in [2.45, 2.75) is 11.3 Å². The number of nitrogens with zero attached hydrogens (tertiary/aromatic N) is 3. The van der Waals surface area contributed by atoms with Crippen LogP contribution in [0, 0.1) is 0 Å². The van der Waals surface area contributed by atoms with Gasteiger partial charge in [-0.15, -0.1) is 10.2 Å². The average molecular weight is 428 g/mol. The van der Waals surface area contributed by atoms with Crippen LogP contribution in [-0.2, 0) is 15.7 Å². The second kappa shape index (κ2) is 8.24. The molecule has 0 radical (unpaired) electrons. The molecule has 3 rings (SSSR count). The molecule has 0 saturated carbocycles. The minimum atomic E-state index is -4.59. The van der Waals surface area contributed by atoms with E-state index in [1.54, 1.807) is 24.3 Å². The zero-order valence-electron chi connectivity index (χ0n) is 14.4. The van der Waals surface area contributed by atoms with Crippen molar-refractivity contribution in [3.05, 3.63) is 59.1 Å². The number of thioether (sulfide) groups is 1. The molecular formula is C18H13ClF3N3O2S. The van der Waals surface area contributed by atoms with E-state index in [4.69, 9.17) is 11.6 Å². The van der Waals surface area contributed by atoms with E-state index >= 15 is 0 Å². The van der Waals surface area contributed by atoms with Crippen molar-refractivity contribution in [3.63, 3.8) is 0 Å². The maximum Gasteiger partial charge on any atom is 0.418 e. The second-order valence-corrected chi connectivity index (χ2v) is 6.91. The maximum atomic E-state index is 13.6. The Hall–Kier alpha value is -2.52. The molecule has 0 unspecified atom stereocenters. The lowest BCUT2D eigenvalue weighted by molar-refractivity contribution is -0.138. The highest BCUT2D eigenvalue weighted by atomic mass is 35.5. The first-order valence-corrected chi connectivity index (χ1v) is 9.25. The number of aromatic nitrogens is 3. The SMILES string of the molecule is COC(=O)CSc1nnc(-c2cccc(Cl)c2)n1-c1ccccc1C(F)(F)F. The van der Waals surface area contributed by atoms with E-state index in [2.05, 4.69) is 14.9 Å². The number of benzene rings is 2. The van der Waals surface area contributed by atoms with E-state index in [0.717, 1.165) is 17.8 Å². The number of para-hydroxylation sites is 1. The van der Waals surface area contributed by atoms with Gasteiger partial charge in [-0.25, -0.2) is 0 Å². The van der Waals surface area contributed by atoms with Gasteiger partial charge in [0.15, 0.2) is 11.0 Å². The molecule has 0 N–H and O–H groups in total. The highest BCUT2D eigenvalue weighted by molar-refractivity contribution is 7.99. The minimum absolute atomic E-state index is 0.122. The van der Waals surface area contributed by atoms with Crippen LogP contribution in [0.4, 0.5) is 13.2 Å². The number of hydrogen-bond acceptors (Lipinski definition) is 5. The molecule has 146 valence electrons. The third-order valence-electron chi connectivity index (χ3n) is 3.71. The van der Waals surface area contributed by atoms with E-state index in [0.29, 0.717) is 10.6 Å². The van der Waals surface area contributed by atoms with Crippen molar-refractivity contribution < 1.29 is 22.7 Å². The van der Waals surface area contributed by atoms with Gasteiger partial charge in [-0.2, -0.15) is 13.2 Å². The Morgan fingerprint density at radius 3 is 2.61 bits per heavy atom. The van der Waals surface area contributed by atoms with Crippen molar-refractivity contribution in [1.82, 2.24) is 14.8 Å². The van der Waals surface area contributed by atoms with Crippen molar-refractivity contribution >= 4 is 29.3 Å². The van der Waals surface area contributed by atoms with Crippen LogP contribution in [0.3, 0.4) is 0 Å². The lowest BCUT2D eigenvalue weighted by Gasteiger charge is -2.16. The Kier molecular flexibility index (Phi) is 5.95. The largest absolute Gasteiger partial charge is 0.468 e. The summed E-state index contributed by atoms with van der Waals surface area (Å²) in [6.07, 6.45) is -4.59. The summed E-state index contributed by atoms with van der Waals surface area (Å²) in [4.78, 5) is 11.5. The summed E-state index contributed by atoms with van der Waals surface area (Å²) in [6, 6.07) is 11.6. The van der Waals surface area contributed by atoms with Crippen LogP contribution >= 0.6 is 23.4 Å². The van der Waals surface area contributed by atoms with Gasteiger partial charge in [-0.1, -0.05) is 47.6 Å². The van der Waals surface area contributed by atoms with E-state index in [-0.39, 0.29) is 22.4 Å². The van der Waals surface area contributed by atoms with Crippen LogP contribution in [-0.4, -0.2) is 33.6 Å². The predicted octanol–water partition coefficient (Wildman–Crippen LogP) is 4.87. The second-order valence-electron chi connectivity index (χ2n) is 5.53. The lowest BCUT2D eigenvalue weighted by Crippen LogP contribution is -2.12. The molecule has 1 heterocycles. The van der Waals surface area contributed by atoms with E-state index in [1.165, 1.54) is 29.9 Å². The molecule has 2 aromatic carbocycles. The molecule has 5 nitrogen and oxygen atoms in total. The van der Waals surface area contributed by atoms with Crippen molar-refractivity contribution in [2.24, 2.45) is 0 Å². The number of alkyl halides is 3. The van der Waals surface area contributed by atoms with Crippen LogP contribution < -0.4 is 0 Å². The first-order valence-electron chi connectivity index (χ1n) is 7.89. The Bertz CT molecular complexity index is 1010. The Balaban J connectivity index is 2.20. The zero-order chi connectivity index (χ0) is 20.3. The van der Waals surface area contributed by atoms with Gasteiger partial charge in [0.2, 0.25) is 0 Å². The summed E-state index contributed by atoms with van der Waals surface area (Å²) >= 11 is 6.95. The Morgan fingerprint density at radius 2 is 1.93 bits per heavy atom. The molecule has 3 aromatic rings. The molecule has 28 heavy (non-hydrogen) atoms. The summed E-state index contributed by atoms with van der Waals surface area (Å²) in [6.45, 7) is 0. The van der Waals surface area contributed by atoms with Crippen molar-refractivity contribution in [3.8, 4) is 17.1 Å². The summed E-state index contributed by atoms with van der Waals surface area (Å²) < 4.78 is 46.6. The Morgan fingerprint density at radius 1 is 1.18 bits per heavy atom. The van der Waals surface area contributed by atoms with Crippen LogP contribution in [0.15, 0.2) is 53.7 Å². The normalized spacial score (nSPS) is 11.5. The predicted molar refractivity (Wildman–Crippen MR) is 99.5 cm³/mol. The number of hydrogen-bond donors (Lipinski definition) is 0. The van der Waals surface area contributed by atoms with Crippen LogP contribution in [0.5, 0.6) is 0 Å². The fourth-order valence-corrected chi connectivity index (χ4v) is 3.45. The van der Waals surface area contributed by atoms with Gasteiger partial charge in [0.1, 0.15) is 0 Å². The molecule has 1 aromatic heterocycles. The van der Waals surface area contributed by atoms with Gasteiger partial charge in [0.05, 0.1) is 24.1 Å². The molecule has 0 spiro atoms. The van der Waals surface area contributed by atoms with E-state index < -0.39 is 17.7 Å². The molecule has 0 fully saturated rings. The lowest BCUT2D eigenvalue weighted by atomic mass is 10.1. The average Bonchev–Trinajstić information content (AvgIpc) is 3.09.